The number of carbonyl (C=O) groups is 1. The van der Waals surface area contributed by atoms with Gasteiger partial charge in [0, 0.05) is 57.4 Å². The summed E-state index contributed by atoms with van der Waals surface area (Å²) in [5.41, 5.74) is 8.31. The molecular formula is C55H56IrN2O2S2-2. The molecule has 0 spiro atoms. The summed E-state index contributed by atoms with van der Waals surface area (Å²) in [5.74, 6) is 1.37. The van der Waals surface area contributed by atoms with Crippen LogP contribution in [0.2, 0.25) is 0 Å². The van der Waals surface area contributed by atoms with Gasteiger partial charge in [0.05, 0.1) is 5.76 Å². The summed E-state index contributed by atoms with van der Waals surface area (Å²) in [6.07, 6.45) is 15.6. The Bertz CT molecular complexity index is 2630. The maximum Gasteiger partial charge on any atom is 0.155 e. The predicted octanol–water partition coefficient (Wildman–Crippen LogP) is 16.2. The van der Waals surface area contributed by atoms with Gasteiger partial charge >= 0.3 is 0 Å². The van der Waals surface area contributed by atoms with Crippen LogP contribution in [-0.2, 0) is 24.9 Å². The van der Waals surface area contributed by atoms with Crippen molar-refractivity contribution in [2.24, 2.45) is 10.8 Å². The Morgan fingerprint density at radius 3 is 1.39 bits per heavy atom. The third kappa shape index (κ3) is 10.5. The van der Waals surface area contributed by atoms with E-state index in [0.717, 1.165) is 22.5 Å². The summed E-state index contributed by atoms with van der Waals surface area (Å²) in [5, 5.41) is 13.6. The van der Waals surface area contributed by atoms with E-state index in [1.54, 1.807) is 0 Å². The Kier molecular flexibility index (Phi) is 14.3. The van der Waals surface area contributed by atoms with Gasteiger partial charge in [-0.1, -0.05) is 52.0 Å². The number of carbonyl (C=O) groups excluding carboxylic acids is 1. The minimum Gasteiger partial charge on any atom is -0.512 e. The van der Waals surface area contributed by atoms with E-state index in [2.05, 4.69) is 113 Å². The van der Waals surface area contributed by atoms with E-state index in [-0.39, 0.29) is 31.6 Å². The van der Waals surface area contributed by atoms with Crippen molar-refractivity contribution in [2.45, 2.75) is 105 Å². The fourth-order valence-corrected chi connectivity index (χ4v) is 11.5. The van der Waals surface area contributed by atoms with Crippen LogP contribution in [-0.4, -0.2) is 20.9 Å². The Morgan fingerprint density at radius 2 is 1.05 bits per heavy atom. The Hall–Kier alpha value is -4.52. The normalized spacial score (nSPS) is 16.6. The molecule has 321 valence electrons. The zero-order valence-corrected chi connectivity index (χ0v) is 40.7. The van der Waals surface area contributed by atoms with Crippen LogP contribution in [0.1, 0.15) is 116 Å². The van der Waals surface area contributed by atoms with Crippen LogP contribution in [0.25, 0.3) is 62.9 Å². The van der Waals surface area contributed by atoms with Crippen molar-refractivity contribution in [3.05, 3.63) is 145 Å². The fraction of sp³-hybridized carbons (Fsp3) is 0.327. The zero-order valence-electron chi connectivity index (χ0n) is 36.7. The molecule has 4 aromatic carbocycles. The zero-order chi connectivity index (χ0) is 42.7. The van der Waals surface area contributed by atoms with Crippen LogP contribution in [0.5, 0.6) is 0 Å². The first-order valence-corrected chi connectivity index (χ1v) is 23.4. The minimum absolute atomic E-state index is 0. The van der Waals surface area contributed by atoms with Gasteiger partial charge in [-0.15, -0.1) is 94.5 Å². The Labute approximate surface area is 388 Å². The number of aromatic nitrogens is 2. The Balaban J connectivity index is 0.000000160. The second kappa shape index (κ2) is 19.5. The SMILES string of the molecule is CC(=O)/C=C(/C)O.CC1(C)CCC(c2ccc3c(c2)sc2ccnc(-c4[c-]cccc4)c23)CC1.CC1(C)CCC(c2ccc3c(c2)sc2ccnc(-c4[c-]cccc4)c23)CC1.[Ir]. The van der Waals surface area contributed by atoms with Crippen LogP contribution >= 0.6 is 22.7 Å². The van der Waals surface area contributed by atoms with E-state index in [1.807, 2.05) is 59.3 Å². The fourth-order valence-electron chi connectivity index (χ4n) is 9.23. The van der Waals surface area contributed by atoms with Gasteiger partial charge in [0.25, 0.3) is 0 Å². The number of nitrogens with zero attached hydrogens (tertiary/aromatic N) is 2. The number of fused-ring (bicyclic) bond motifs is 6. The van der Waals surface area contributed by atoms with Crippen LogP contribution in [0.15, 0.2) is 121 Å². The molecule has 1 N–H and O–H groups in total. The molecular weight excluding hydrogens is 977 g/mol. The van der Waals surface area contributed by atoms with Gasteiger partial charge < -0.3 is 15.1 Å². The number of pyridine rings is 2. The van der Waals surface area contributed by atoms with Crippen LogP contribution in [0.4, 0.5) is 0 Å². The molecule has 0 atom stereocenters. The Morgan fingerprint density at radius 1 is 0.629 bits per heavy atom. The van der Waals surface area contributed by atoms with E-state index in [4.69, 9.17) is 15.1 Å². The molecule has 0 aliphatic heterocycles. The van der Waals surface area contributed by atoms with Gasteiger partial charge in [-0.3, -0.25) is 4.79 Å². The van der Waals surface area contributed by atoms with E-state index in [1.165, 1.54) is 123 Å². The molecule has 0 amide bonds. The van der Waals surface area contributed by atoms with Gasteiger partial charge in [-0.05, 0) is 156 Å². The number of allylic oxidation sites excluding steroid dienone is 2. The molecule has 2 aliphatic carbocycles. The molecule has 0 saturated heterocycles. The molecule has 4 nitrogen and oxygen atoms in total. The molecule has 2 fully saturated rings. The van der Waals surface area contributed by atoms with Crippen molar-refractivity contribution in [3.8, 4) is 22.5 Å². The van der Waals surface area contributed by atoms with Crippen LogP contribution in [0, 0.1) is 23.0 Å². The quantitative estimate of drug-likeness (QED) is 0.106. The molecule has 62 heavy (non-hydrogen) atoms. The van der Waals surface area contributed by atoms with Gasteiger partial charge in [0.15, 0.2) is 5.78 Å². The van der Waals surface area contributed by atoms with Crippen molar-refractivity contribution in [3.63, 3.8) is 0 Å². The molecule has 8 aromatic rings. The summed E-state index contributed by atoms with van der Waals surface area (Å²) in [6, 6.07) is 41.5. The molecule has 4 heterocycles. The third-order valence-corrected chi connectivity index (χ3v) is 15.0. The number of benzene rings is 4. The van der Waals surface area contributed by atoms with Crippen molar-refractivity contribution in [1.82, 2.24) is 9.97 Å². The topological polar surface area (TPSA) is 63.1 Å². The third-order valence-electron chi connectivity index (χ3n) is 12.8. The number of ketones is 1. The van der Waals surface area contributed by atoms with Crippen molar-refractivity contribution < 1.29 is 30.0 Å². The van der Waals surface area contributed by atoms with Gasteiger partial charge in [-0.25, -0.2) is 0 Å². The summed E-state index contributed by atoms with van der Waals surface area (Å²) in [6.45, 7) is 12.5. The molecule has 7 heteroatoms. The summed E-state index contributed by atoms with van der Waals surface area (Å²) in [4.78, 5) is 19.4. The molecule has 4 aromatic heterocycles. The average molecular weight is 1030 g/mol. The number of aliphatic hydroxyl groups excluding tert-OH is 1. The average Bonchev–Trinajstić information content (AvgIpc) is 3.82. The first-order chi connectivity index (χ1) is 29.3. The smallest absolute Gasteiger partial charge is 0.155 e. The van der Waals surface area contributed by atoms with Crippen LogP contribution < -0.4 is 0 Å². The standard InChI is InChI=1S/2C25H24NS.C5H8O2.Ir/c2*1-25(2)13-10-17(11-14-25)19-8-9-20-22(16-19)27-21-12-15-26-24(23(20)21)18-6-4-3-5-7-18;1-4(6)3-5(2)7;/h2*3-6,8-9,12,15-17H,10-11,13-14H2,1-2H3;3,6H,1-2H3;/q2*-1;;/b;;4-3-;. The molecule has 0 unspecified atom stereocenters. The first-order valence-electron chi connectivity index (χ1n) is 21.8. The summed E-state index contributed by atoms with van der Waals surface area (Å²) >= 11 is 3.79. The molecule has 10 rings (SSSR count). The number of thiophene rings is 2. The molecule has 2 saturated carbocycles. The summed E-state index contributed by atoms with van der Waals surface area (Å²) < 4.78 is 5.40. The number of aliphatic hydroxyl groups is 1. The second-order valence-electron chi connectivity index (χ2n) is 18.6. The van der Waals surface area contributed by atoms with Crippen molar-refractivity contribution >= 4 is 68.8 Å². The van der Waals surface area contributed by atoms with E-state index >= 15 is 0 Å². The molecule has 1 radical (unpaired) electrons. The molecule has 0 bridgehead atoms. The van der Waals surface area contributed by atoms with E-state index in [9.17, 15) is 4.79 Å². The van der Waals surface area contributed by atoms with E-state index < -0.39 is 0 Å². The van der Waals surface area contributed by atoms with Gasteiger partial charge in [-0.2, -0.15) is 0 Å². The van der Waals surface area contributed by atoms with E-state index in [0.29, 0.717) is 22.7 Å². The number of hydrogen-bond donors (Lipinski definition) is 1. The first kappa shape index (κ1) is 45.5. The largest absolute Gasteiger partial charge is 0.512 e. The van der Waals surface area contributed by atoms with Crippen molar-refractivity contribution in [2.75, 3.05) is 0 Å². The maximum absolute atomic E-state index is 10.0. The van der Waals surface area contributed by atoms with Crippen LogP contribution in [0.3, 0.4) is 0 Å². The second-order valence-corrected chi connectivity index (χ2v) is 20.8. The maximum atomic E-state index is 10.0. The van der Waals surface area contributed by atoms with Gasteiger partial charge in [0.1, 0.15) is 0 Å². The number of hydrogen-bond acceptors (Lipinski definition) is 6. The minimum atomic E-state index is -0.125. The summed E-state index contributed by atoms with van der Waals surface area (Å²) in [7, 11) is 0. The predicted molar refractivity (Wildman–Crippen MR) is 260 cm³/mol. The monoisotopic (exact) mass is 1030 g/mol. The van der Waals surface area contributed by atoms with Gasteiger partial charge in [0.2, 0.25) is 0 Å². The van der Waals surface area contributed by atoms with Crippen molar-refractivity contribution in [1.29, 1.82) is 0 Å². The molecule has 2 aliphatic rings. The number of rotatable bonds is 5.